The maximum absolute atomic E-state index is 11.5. The van der Waals surface area contributed by atoms with Crippen LogP contribution < -0.4 is 20.7 Å². The van der Waals surface area contributed by atoms with Gasteiger partial charge in [0.1, 0.15) is 6.04 Å². The highest BCUT2D eigenvalue weighted by molar-refractivity contribution is 5.83. The largest absolute Gasteiger partial charge is 0.461 e. The minimum absolute atomic E-state index is 0.0457. The first kappa shape index (κ1) is 16.9. The Morgan fingerprint density at radius 2 is 1.86 bits per heavy atom. The van der Waals surface area contributed by atoms with Crippen LogP contribution in [-0.4, -0.2) is 46.6 Å². The number of anilines is 2. The Kier molecular flexibility index (Phi) is 6.64. The van der Waals surface area contributed by atoms with Crippen LogP contribution in [-0.2, 0) is 4.79 Å². The minimum Gasteiger partial charge on any atom is -0.461 e. The standard InChI is InChI=1S/C13H24N6O2/c1-6-7-15-11-17-12(16-9(4)10(20)14-5)19-13(18-11)21-8(2)3/h8-9H,6-7H2,1-5H3,(H,14,20)(H2,15,16,17,18,19). The molecule has 0 aliphatic rings. The summed E-state index contributed by atoms with van der Waals surface area (Å²) in [4.78, 5) is 24.1. The van der Waals surface area contributed by atoms with Crippen molar-refractivity contribution < 1.29 is 9.53 Å². The normalized spacial score (nSPS) is 11.9. The van der Waals surface area contributed by atoms with Crippen LogP contribution >= 0.6 is 0 Å². The second-order valence-electron chi connectivity index (χ2n) is 4.84. The van der Waals surface area contributed by atoms with Crippen LogP contribution in [0.15, 0.2) is 0 Å². The molecular weight excluding hydrogens is 272 g/mol. The molecule has 1 heterocycles. The number of aromatic nitrogens is 3. The first-order valence-corrected chi connectivity index (χ1v) is 7.11. The SMILES string of the molecule is CCCNc1nc(NC(C)C(=O)NC)nc(OC(C)C)n1. The van der Waals surface area contributed by atoms with Gasteiger partial charge in [-0.05, 0) is 27.2 Å². The summed E-state index contributed by atoms with van der Waals surface area (Å²) in [6, 6.07) is -0.228. The van der Waals surface area contributed by atoms with Crippen molar-refractivity contribution in [2.24, 2.45) is 0 Å². The number of ether oxygens (including phenoxy) is 1. The molecule has 1 amide bonds. The number of carbonyl (C=O) groups is 1. The van der Waals surface area contributed by atoms with Crippen LogP contribution in [0.3, 0.4) is 0 Å². The smallest absolute Gasteiger partial charge is 0.323 e. The van der Waals surface area contributed by atoms with Gasteiger partial charge in [-0.15, -0.1) is 0 Å². The van der Waals surface area contributed by atoms with Gasteiger partial charge in [-0.25, -0.2) is 0 Å². The average Bonchev–Trinajstić information content (AvgIpc) is 2.43. The van der Waals surface area contributed by atoms with Crippen LogP contribution in [0.2, 0.25) is 0 Å². The fraction of sp³-hybridized carbons (Fsp3) is 0.692. The van der Waals surface area contributed by atoms with Crippen molar-refractivity contribution in [3.63, 3.8) is 0 Å². The zero-order valence-electron chi connectivity index (χ0n) is 13.2. The summed E-state index contributed by atoms with van der Waals surface area (Å²) in [5, 5.41) is 8.57. The van der Waals surface area contributed by atoms with Gasteiger partial charge in [0.2, 0.25) is 17.8 Å². The molecule has 1 aromatic rings. The molecule has 1 unspecified atom stereocenters. The van der Waals surface area contributed by atoms with Crippen molar-refractivity contribution in [2.45, 2.75) is 46.3 Å². The zero-order valence-corrected chi connectivity index (χ0v) is 13.2. The lowest BCUT2D eigenvalue weighted by atomic mass is 10.3. The maximum atomic E-state index is 11.5. The summed E-state index contributed by atoms with van der Waals surface area (Å²) in [7, 11) is 1.58. The number of nitrogens with one attached hydrogen (secondary N) is 3. The lowest BCUT2D eigenvalue weighted by molar-refractivity contribution is -0.121. The van der Waals surface area contributed by atoms with E-state index in [0.717, 1.165) is 13.0 Å². The summed E-state index contributed by atoms with van der Waals surface area (Å²) in [5.74, 6) is 0.578. The lowest BCUT2D eigenvalue weighted by Crippen LogP contribution is -2.35. The van der Waals surface area contributed by atoms with Gasteiger partial charge in [0.25, 0.3) is 0 Å². The second-order valence-corrected chi connectivity index (χ2v) is 4.84. The third-order valence-electron chi connectivity index (χ3n) is 2.47. The predicted octanol–water partition coefficient (Wildman–Crippen LogP) is 1.03. The predicted molar refractivity (Wildman–Crippen MR) is 81.5 cm³/mol. The first-order chi connectivity index (χ1) is 9.96. The molecule has 0 radical (unpaired) electrons. The average molecular weight is 296 g/mol. The highest BCUT2D eigenvalue weighted by atomic mass is 16.5. The Morgan fingerprint density at radius 1 is 1.19 bits per heavy atom. The number of likely N-dealkylation sites (N-methyl/N-ethyl adjacent to an activating group) is 1. The highest BCUT2D eigenvalue weighted by Crippen LogP contribution is 2.13. The molecule has 0 aliphatic carbocycles. The van der Waals surface area contributed by atoms with E-state index >= 15 is 0 Å². The minimum atomic E-state index is -0.455. The number of rotatable bonds is 8. The number of nitrogens with zero attached hydrogens (tertiary/aromatic N) is 3. The van der Waals surface area contributed by atoms with Crippen LogP contribution in [0.25, 0.3) is 0 Å². The molecule has 21 heavy (non-hydrogen) atoms. The fourth-order valence-corrected chi connectivity index (χ4v) is 1.48. The van der Waals surface area contributed by atoms with Crippen molar-refractivity contribution in [3.8, 4) is 6.01 Å². The maximum Gasteiger partial charge on any atom is 0.323 e. The summed E-state index contributed by atoms with van der Waals surface area (Å²) >= 11 is 0. The van der Waals surface area contributed by atoms with Crippen molar-refractivity contribution in [1.29, 1.82) is 0 Å². The lowest BCUT2D eigenvalue weighted by Gasteiger charge is -2.15. The van der Waals surface area contributed by atoms with Crippen LogP contribution in [0.4, 0.5) is 11.9 Å². The Labute approximate surface area is 125 Å². The Hall–Kier alpha value is -2.12. The van der Waals surface area contributed by atoms with Crippen molar-refractivity contribution >= 4 is 17.8 Å². The number of amides is 1. The zero-order chi connectivity index (χ0) is 15.8. The molecular formula is C13H24N6O2. The summed E-state index contributed by atoms with van der Waals surface area (Å²) < 4.78 is 5.50. The van der Waals surface area contributed by atoms with Crippen molar-refractivity contribution in [3.05, 3.63) is 0 Å². The van der Waals surface area contributed by atoms with E-state index in [1.165, 1.54) is 0 Å². The molecule has 8 heteroatoms. The van der Waals surface area contributed by atoms with Crippen LogP contribution in [0.5, 0.6) is 6.01 Å². The fourth-order valence-electron chi connectivity index (χ4n) is 1.48. The highest BCUT2D eigenvalue weighted by Gasteiger charge is 2.14. The van der Waals surface area contributed by atoms with Gasteiger partial charge in [-0.1, -0.05) is 6.92 Å². The van der Waals surface area contributed by atoms with Gasteiger partial charge in [0, 0.05) is 13.6 Å². The molecule has 118 valence electrons. The molecule has 1 aromatic heterocycles. The van der Waals surface area contributed by atoms with Gasteiger partial charge in [-0.2, -0.15) is 15.0 Å². The van der Waals surface area contributed by atoms with E-state index in [1.54, 1.807) is 14.0 Å². The number of hydrogen-bond donors (Lipinski definition) is 3. The van der Waals surface area contributed by atoms with Crippen LogP contribution in [0.1, 0.15) is 34.1 Å². The molecule has 0 aliphatic heterocycles. The molecule has 1 rings (SSSR count). The molecule has 0 spiro atoms. The third-order valence-corrected chi connectivity index (χ3v) is 2.47. The summed E-state index contributed by atoms with van der Waals surface area (Å²) in [5.41, 5.74) is 0. The molecule has 0 bridgehead atoms. The van der Waals surface area contributed by atoms with Gasteiger partial charge in [-0.3, -0.25) is 4.79 Å². The van der Waals surface area contributed by atoms with E-state index < -0.39 is 6.04 Å². The van der Waals surface area contributed by atoms with E-state index in [2.05, 4.69) is 30.9 Å². The van der Waals surface area contributed by atoms with Gasteiger partial charge in [0.05, 0.1) is 6.10 Å². The summed E-state index contributed by atoms with van der Waals surface area (Å²) in [6.45, 7) is 8.30. The molecule has 0 saturated carbocycles. The number of carbonyl (C=O) groups excluding carboxylic acids is 1. The first-order valence-electron chi connectivity index (χ1n) is 7.11. The number of hydrogen-bond acceptors (Lipinski definition) is 7. The van der Waals surface area contributed by atoms with Crippen molar-refractivity contribution in [1.82, 2.24) is 20.3 Å². The van der Waals surface area contributed by atoms with E-state index in [0.29, 0.717) is 11.9 Å². The Bertz CT molecular complexity index is 466. The Morgan fingerprint density at radius 3 is 2.43 bits per heavy atom. The Balaban J connectivity index is 2.92. The summed E-state index contributed by atoms with van der Waals surface area (Å²) in [6.07, 6.45) is 0.902. The monoisotopic (exact) mass is 296 g/mol. The molecule has 8 nitrogen and oxygen atoms in total. The van der Waals surface area contributed by atoms with E-state index in [9.17, 15) is 4.79 Å². The van der Waals surface area contributed by atoms with Gasteiger partial charge in [0.15, 0.2) is 0 Å². The molecule has 0 aromatic carbocycles. The molecule has 1 atom stereocenters. The molecule has 0 fully saturated rings. The van der Waals surface area contributed by atoms with Gasteiger partial charge < -0.3 is 20.7 Å². The van der Waals surface area contributed by atoms with E-state index in [4.69, 9.17) is 4.74 Å². The van der Waals surface area contributed by atoms with Crippen molar-refractivity contribution in [2.75, 3.05) is 24.2 Å². The van der Waals surface area contributed by atoms with E-state index in [-0.39, 0.29) is 18.0 Å². The van der Waals surface area contributed by atoms with Gasteiger partial charge >= 0.3 is 6.01 Å². The third kappa shape index (κ3) is 5.80. The molecule has 3 N–H and O–H groups in total. The van der Waals surface area contributed by atoms with Crippen LogP contribution in [0, 0.1) is 0 Å². The second kappa shape index (κ2) is 8.23. The molecule has 0 saturated heterocycles. The quantitative estimate of drug-likeness (QED) is 0.658. The topological polar surface area (TPSA) is 101 Å². The van der Waals surface area contributed by atoms with E-state index in [1.807, 2.05) is 20.8 Å².